The number of aromatic nitrogens is 4. The lowest BCUT2D eigenvalue weighted by atomic mass is 9.93. The van der Waals surface area contributed by atoms with Crippen molar-refractivity contribution in [2.24, 2.45) is 0 Å². The molecule has 0 radical (unpaired) electrons. The van der Waals surface area contributed by atoms with Gasteiger partial charge in [-0.25, -0.2) is 9.97 Å². The first-order valence-corrected chi connectivity index (χ1v) is 20.1. The second-order valence-corrected chi connectivity index (χ2v) is 14.7. The van der Waals surface area contributed by atoms with Crippen LogP contribution in [0.15, 0.2) is 231 Å². The van der Waals surface area contributed by atoms with Crippen molar-refractivity contribution in [1.82, 2.24) is 19.9 Å². The molecule has 60 heavy (non-hydrogen) atoms. The fraction of sp³-hybridized carbons (Fsp3) is 0. The monoisotopic (exact) mass is 766 g/mol. The highest BCUT2D eigenvalue weighted by Crippen LogP contribution is 2.37. The Bertz CT molecular complexity index is 2900. The molecule has 0 N–H and O–H groups in total. The van der Waals surface area contributed by atoms with E-state index in [1.165, 1.54) is 0 Å². The Hall–Kier alpha value is -8.08. The summed E-state index contributed by atoms with van der Waals surface area (Å²) in [4.78, 5) is 19.7. The van der Waals surface area contributed by atoms with E-state index in [0.717, 1.165) is 95.1 Å². The normalized spacial score (nSPS) is 11.0. The van der Waals surface area contributed by atoms with E-state index in [2.05, 4.69) is 198 Å². The molecule has 10 aromatic rings. The standard InChI is InChI=1S/C56H38N4/c1-2-16-39(17-3-1)54-38-55(46-24-14-20-42(36-46)40-18-12-22-44(34-40)48-26-4-6-28-50(48)52-30-8-10-32-57-52)60-56(59-54)47-25-15-21-43(37-47)41-19-13-23-45(35-41)49-27-5-7-29-51(49)53-31-9-11-33-58-53/h1-38H. The van der Waals surface area contributed by atoms with Crippen molar-refractivity contribution >= 4 is 0 Å². The Morgan fingerprint density at radius 3 is 1.08 bits per heavy atom. The predicted octanol–water partition coefficient (Wildman–Crippen LogP) is 14.3. The average molecular weight is 767 g/mol. The molecule has 0 aliphatic carbocycles. The minimum atomic E-state index is 0.670. The number of hydrogen-bond acceptors (Lipinski definition) is 4. The van der Waals surface area contributed by atoms with E-state index in [1.807, 2.05) is 42.7 Å². The van der Waals surface area contributed by atoms with Crippen LogP contribution in [0.25, 0.3) is 101 Å². The lowest BCUT2D eigenvalue weighted by Crippen LogP contribution is -1.96. The van der Waals surface area contributed by atoms with E-state index >= 15 is 0 Å². The van der Waals surface area contributed by atoms with Gasteiger partial charge >= 0.3 is 0 Å². The molecule has 0 saturated carbocycles. The van der Waals surface area contributed by atoms with Crippen molar-refractivity contribution in [3.63, 3.8) is 0 Å². The lowest BCUT2D eigenvalue weighted by Gasteiger charge is -2.13. The molecule has 0 atom stereocenters. The van der Waals surface area contributed by atoms with Gasteiger partial charge in [0.2, 0.25) is 0 Å². The summed E-state index contributed by atoms with van der Waals surface area (Å²) in [5.41, 5.74) is 17.8. The van der Waals surface area contributed by atoms with Crippen molar-refractivity contribution in [1.29, 1.82) is 0 Å². The molecular weight excluding hydrogens is 729 g/mol. The zero-order valence-electron chi connectivity index (χ0n) is 32.7. The Morgan fingerprint density at radius 1 is 0.217 bits per heavy atom. The van der Waals surface area contributed by atoms with Crippen LogP contribution in [0.5, 0.6) is 0 Å². The van der Waals surface area contributed by atoms with E-state index < -0.39 is 0 Å². The largest absolute Gasteiger partial charge is 0.256 e. The zero-order chi connectivity index (χ0) is 40.1. The Morgan fingerprint density at radius 2 is 0.583 bits per heavy atom. The fourth-order valence-electron chi connectivity index (χ4n) is 7.87. The Kier molecular flexibility index (Phi) is 9.92. The topological polar surface area (TPSA) is 51.6 Å². The number of hydrogen-bond donors (Lipinski definition) is 0. The summed E-state index contributed by atoms with van der Waals surface area (Å²) in [6.07, 6.45) is 3.69. The molecule has 282 valence electrons. The van der Waals surface area contributed by atoms with Gasteiger partial charge in [-0.1, -0.05) is 164 Å². The second kappa shape index (κ2) is 16.4. The zero-order valence-corrected chi connectivity index (χ0v) is 32.7. The molecule has 0 aliphatic heterocycles. The first-order valence-electron chi connectivity index (χ1n) is 20.1. The van der Waals surface area contributed by atoms with Crippen LogP contribution in [0.1, 0.15) is 0 Å². The number of rotatable bonds is 9. The summed E-state index contributed by atoms with van der Waals surface area (Å²) in [5.74, 6) is 0.670. The molecule has 0 saturated heterocycles. The van der Waals surface area contributed by atoms with E-state index in [-0.39, 0.29) is 0 Å². The summed E-state index contributed by atoms with van der Waals surface area (Å²) in [5, 5.41) is 0. The van der Waals surface area contributed by atoms with Crippen LogP contribution in [-0.4, -0.2) is 19.9 Å². The van der Waals surface area contributed by atoms with Crippen LogP contribution in [0.2, 0.25) is 0 Å². The smallest absolute Gasteiger partial charge is 0.160 e. The minimum absolute atomic E-state index is 0.670. The van der Waals surface area contributed by atoms with Gasteiger partial charge in [0.1, 0.15) is 0 Å². The first-order chi connectivity index (χ1) is 29.7. The van der Waals surface area contributed by atoms with Crippen LogP contribution in [0.3, 0.4) is 0 Å². The second-order valence-electron chi connectivity index (χ2n) is 14.7. The molecule has 10 rings (SSSR count). The van der Waals surface area contributed by atoms with Crippen molar-refractivity contribution in [3.05, 3.63) is 231 Å². The van der Waals surface area contributed by atoms with E-state index in [9.17, 15) is 0 Å². The molecule has 0 unspecified atom stereocenters. The molecule has 0 fully saturated rings. The van der Waals surface area contributed by atoms with Gasteiger partial charge < -0.3 is 0 Å². The predicted molar refractivity (Wildman–Crippen MR) is 247 cm³/mol. The van der Waals surface area contributed by atoms with Crippen LogP contribution in [-0.2, 0) is 0 Å². The average Bonchev–Trinajstić information content (AvgIpc) is 3.35. The summed E-state index contributed by atoms with van der Waals surface area (Å²) in [7, 11) is 0. The van der Waals surface area contributed by atoms with Crippen molar-refractivity contribution < 1.29 is 0 Å². The minimum Gasteiger partial charge on any atom is -0.256 e. The van der Waals surface area contributed by atoms with Crippen LogP contribution < -0.4 is 0 Å². The number of nitrogens with zero attached hydrogens (tertiary/aromatic N) is 4. The molecule has 0 amide bonds. The van der Waals surface area contributed by atoms with Crippen LogP contribution >= 0.6 is 0 Å². The highest BCUT2D eigenvalue weighted by atomic mass is 14.9. The van der Waals surface area contributed by atoms with Crippen LogP contribution in [0.4, 0.5) is 0 Å². The molecule has 0 bridgehead atoms. The number of benzene rings is 7. The molecule has 4 nitrogen and oxygen atoms in total. The van der Waals surface area contributed by atoms with Crippen molar-refractivity contribution in [2.75, 3.05) is 0 Å². The Labute approximate surface area is 350 Å². The van der Waals surface area contributed by atoms with Gasteiger partial charge in [0.15, 0.2) is 5.82 Å². The van der Waals surface area contributed by atoms with E-state index in [1.54, 1.807) is 0 Å². The van der Waals surface area contributed by atoms with Crippen molar-refractivity contribution in [2.45, 2.75) is 0 Å². The van der Waals surface area contributed by atoms with Gasteiger partial charge in [0, 0.05) is 40.2 Å². The van der Waals surface area contributed by atoms with Gasteiger partial charge in [-0.15, -0.1) is 0 Å². The summed E-state index contributed by atoms with van der Waals surface area (Å²) < 4.78 is 0. The molecular formula is C56H38N4. The SMILES string of the molecule is c1ccc(-c2cc(-c3cccc(-c4cccc(-c5ccccc5-c5ccccn5)c4)c3)nc(-c3cccc(-c4cccc(-c5ccccc5-c5ccccn5)c4)c3)n2)cc1. The highest BCUT2D eigenvalue weighted by Gasteiger charge is 2.15. The summed E-state index contributed by atoms with van der Waals surface area (Å²) in [6, 6.07) is 76.1. The Balaban J connectivity index is 1.02. The third kappa shape index (κ3) is 7.53. The quantitative estimate of drug-likeness (QED) is 0.147. The van der Waals surface area contributed by atoms with Crippen molar-refractivity contribution in [3.8, 4) is 101 Å². The van der Waals surface area contributed by atoms with Gasteiger partial charge in [-0.2, -0.15) is 0 Å². The van der Waals surface area contributed by atoms with Gasteiger partial charge in [0.25, 0.3) is 0 Å². The third-order valence-corrected chi connectivity index (χ3v) is 10.8. The first kappa shape index (κ1) is 36.3. The maximum absolute atomic E-state index is 5.26. The molecule has 4 heteroatoms. The number of pyridine rings is 2. The third-order valence-electron chi connectivity index (χ3n) is 10.8. The van der Waals surface area contributed by atoms with Crippen LogP contribution in [0, 0.1) is 0 Å². The summed E-state index contributed by atoms with van der Waals surface area (Å²) in [6.45, 7) is 0. The highest BCUT2D eigenvalue weighted by molar-refractivity contribution is 5.86. The summed E-state index contributed by atoms with van der Waals surface area (Å²) >= 11 is 0. The van der Waals surface area contributed by atoms with E-state index in [4.69, 9.17) is 9.97 Å². The molecule has 0 spiro atoms. The van der Waals surface area contributed by atoms with E-state index in [0.29, 0.717) is 5.82 Å². The van der Waals surface area contributed by atoms with Gasteiger partial charge in [-0.3, -0.25) is 9.97 Å². The molecule has 3 heterocycles. The molecule has 3 aromatic heterocycles. The fourth-order valence-corrected chi connectivity index (χ4v) is 7.87. The van der Waals surface area contributed by atoms with Gasteiger partial charge in [-0.05, 0) is 99.1 Å². The van der Waals surface area contributed by atoms with Gasteiger partial charge in [0.05, 0.1) is 22.8 Å². The molecule has 7 aromatic carbocycles. The maximum Gasteiger partial charge on any atom is 0.160 e. The maximum atomic E-state index is 5.26. The molecule has 0 aliphatic rings. The lowest BCUT2D eigenvalue weighted by molar-refractivity contribution is 1.18.